The number of hydrogen-bond donors (Lipinski definition) is 0. The molecule has 0 bridgehead atoms. The second-order valence-corrected chi connectivity index (χ2v) is 12.4. The quantitative estimate of drug-likeness (QED) is 0.193. The van der Waals surface area contributed by atoms with Crippen LogP contribution in [0.5, 0.6) is 0 Å². The van der Waals surface area contributed by atoms with Crippen molar-refractivity contribution in [3.8, 4) is 0 Å². The normalized spacial score (nSPS) is 11.4. The molecule has 0 N–H and O–H groups in total. The molecule has 0 saturated carbocycles. The Morgan fingerprint density at radius 1 is 0.469 bits per heavy atom. The van der Waals surface area contributed by atoms with Gasteiger partial charge in [0.05, 0.1) is 0 Å². The summed E-state index contributed by atoms with van der Waals surface area (Å²) in [6.45, 7) is 3.39. The lowest BCUT2D eigenvalue weighted by Crippen LogP contribution is -2.32. The van der Waals surface area contributed by atoms with Crippen molar-refractivity contribution in [1.29, 1.82) is 0 Å². The molecule has 0 amide bonds. The molecule has 4 aromatic rings. The minimum Gasteiger partial charge on any atom is -0.245 e. The first-order chi connectivity index (χ1) is 15.9. The molecule has 1 nitrogen and oxygen atoms in total. The summed E-state index contributed by atoms with van der Waals surface area (Å²) in [7, 11) is -1.31. The van der Waals surface area contributed by atoms with E-state index in [-0.39, 0.29) is 0 Å². The van der Waals surface area contributed by atoms with Crippen LogP contribution in [0.25, 0.3) is 0 Å². The lowest BCUT2D eigenvalue weighted by atomic mass is 10.3. The van der Waals surface area contributed by atoms with Gasteiger partial charge in [0.25, 0.3) is 0 Å². The van der Waals surface area contributed by atoms with E-state index in [0.717, 1.165) is 6.54 Å². The van der Waals surface area contributed by atoms with Crippen molar-refractivity contribution in [3.05, 3.63) is 121 Å². The van der Waals surface area contributed by atoms with Gasteiger partial charge in [0.15, 0.2) is 0 Å². The van der Waals surface area contributed by atoms with Crippen molar-refractivity contribution in [2.75, 3.05) is 6.54 Å². The summed E-state index contributed by atoms with van der Waals surface area (Å²) in [5.74, 6) is 0. The van der Waals surface area contributed by atoms with E-state index < -0.39 is 16.1 Å². The smallest absolute Gasteiger partial charge is 0.0323 e. The molecule has 0 heterocycles. The fourth-order valence-electron chi connectivity index (χ4n) is 3.90. The lowest BCUT2D eigenvalue weighted by Gasteiger charge is -2.39. The third kappa shape index (κ3) is 5.73. The molecule has 0 radical (unpaired) electrons. The molecule has 4 aromatic carbocycles. The maximum Gasteiger partial charge on any atom is 0.0323 e. The van der Waals surface area contributed by atoms with Gasteiger partial charge in [-0.05, 0) is 27.6 Å². The number of hydrogen-bond acceptors (Lipinski definition) is 1. The van der Waals surface area contributed by atoms with Crippen molar-refractivity contribution < 1.29 is 0 Å². The third-order valence-corrected chi connectivity index (χ3v) is 11.0. The molecule has 0 saturated heterocycles. The van der Waals surface area contributed by atoms with Crippen molar-refractivity contribution in [1.82, 2.24) is 4.44 Å². The van der Waals surface area contributed by atoms with Gasteiger partial charge in [0, 0.05) is 22.7 Å². The molecule has 162 valence electrons. The molecule has 0 aliphatic carbocycles. The standard InChI is InChI=1S/C29H31NP2/c1-2-3-16-25-30(31(26-17-8-4-9-18-26)27-19-10-5-11-20-27)32(28-21-12-6-13-22-28)29-23-14-7-15-24-29/h4-15,17-24H,2-3,16,25H2,1H3. The summed E-state index contributed by atoms with van der Waals surface area (Å²) in [4.78, 5) is 0. The Hall–Kier alpha value is -2.30. The number of nitrogens with zero attached hydrogens (tertiary/aromatic N) is 1. The van der Waals surface area contributed by atoms with Crippen LogP contribution in [0.3, 0.4) is 0 Å². The maximum atomic E-state index is 2.84. The molecule has 32 heavy (non-hydrogen) atoms. The molecule has 0 aromatic heterocycles. The summed E-state index contributed by atoms with van der Waals surface area (Å²) in [5, 5.41) is 5.68. The summed E-state index contributed by atoms with van der Waals surface area (Å²) in [5.41, 5.74) is 0. The number of rotatable bonds is 10. The summed E-state index contributed by atoms with van der Waals surface area (Å²) in [6, 6.07) is 44.5. The molecule has 0 spiro atoms. The summed E-state index contributed by atoms with van der Waals surface area (Å²) >= 11 is 0. The van der Waals surface area contributed by atoms with Crippen LogP contribution in [0.2, 0.25) is 0 Å². The zero-order chi connectivity index (χ0) is 22.0. The second-order valence-electron chi connectivity index (χ2n) is 7.77. The van der Waals surface area contributed by atoms with Crippen LogP contribution in [0.15, 0.2) is 121 Å². The Kier molecular flexibility index (Phi) is 8.63. The zero-order valence-corrected chi connectivity index (χ0v) is 20.5. The Balaban J connectivity index is 1.88. The highest BCUT2D eigenvalue weighted by molar-refractivity contribution is 7.84. The summed E-state index contributed by atoms with van der Waals surface area (Å²) < 4.78 is 2.84. The fraction of sp³-hybridized carbons (Fsp3) is 0.172. The van der Waals surface area contributed by atoms with Crippen LogP contribution >= 0.6 is 16.1 Å². The Labute approximate surface area is 195 Å². The van der Waals surface area contributed by atoms with Gasteiger partial charge < -0.3 is 0 Å². The fourth-order valence-corrected chi connectivity index (χ4v) is 10.0. The third-order valence-electron chi connectivity index (χ3n) is 5.43. The Morgan fingerprint density at radius 3 is 1.06 bits per heavy atom. The van der Waals surface area contributed by atoms with Crippen LogP contribution in [-0.4, -0.2) is 11.0 Å². The van der Waals surface area contributed by atoms with Gasteiger partial charge in [0.2, 0.25) is 0 Å². The number of benzene rings is 4. The first-order valence-electron chi connectivity index (χ1n) is 11.5. The van der Waals surface area contributed by atoms with Crippen LogP contribution < -0.4 is 21.2 Å². The van der Waals surface area contributed by atoms with E-state index in [1.54, 1.807) is 0 Å². The van der Waals surface area contributed by atoms with Gasteiger partial charge in [-0.2, -0.15) is 0 Å². The molecule has 0 aliphatic rings. The van der Waals surface area contributed by atoms with Crippen molar-refractivity contribution in [2.45, 2.75) is 26.2 Å². The van der Waals surface area contributed by atoms with Crippen molar-refractivity contribution in [3.63, 3.8) is 0 Å². The topological polar surface area (TPSA) is 3.24 Å². The van der Waals surface area contributed by atoms with Gasteiger partial charge >= 0.3 is 0 Å². The van der Waals surface area contributed by atoms with E-state index in [1.165, 1.54) is 40.5 Å². The highest BCUT2D eigenvalue weighted by Crippen LogP contribution is 2.54. The first-order valence-corrected chi connectivity index (χ1v) is 14.0. The molecule has 0 atom stereocenters. The second kappa shape index (κ2) is 12.1. The minimum atomic E-state index is -0.655. The van der Waals surface area contributed by atoms with Crippen LogP contribution in [0.1, 0.15) is 26.2 Å². The predicted octanol–water partition coefficient (Wildman–Crippen LogP) is 6.57. The van der Waals surface area contributed by atoms with E-state index in [9.17, 15) is 0 Å². The highest BCUT2D eigenvalue weighted by atomic mass is 31.2. The molecule has 0 aliphatic heterocycles. The van der Waals surface area contributed by atoms with Crippen LogP contribution in [0.4, 0.5) is 0 Å². The van der Waals surface area contributed by atoms with Gasteiger partial charge in [-0.3, -0.25) is 0 Å². The van der Waals surface area contributed by atoms with Gasteiger partial charge in [-0.1, -0.05) is 141 Å². The largest absolute Gasteiger partial charge is 0.245 e. The number of unbranched alkanes of at least 4 members (excludes halogenated alkanes) is 2. The first kappa shape index (κ1) is 22.9. The van der Waals surface area contributed by atoms with Gasteiger partial charge in [0.1, 0.15) is 0 Å². The van der Waals surface area contributed by atoms with Gasteiger partial charge in [-0.25, -0.2) is 4.44 Å². The summed E-state index contributed by atoms with van der Waals surface area (Å²) in [6.07, 6.45) is 3.71. The lowest BCUT2D eigenvalue weighted by molar-refractivity contribution is 0.617. The molecule has 3 heteroatoms. The average molecular weight is 456 g/mol. The molecular weight excluding hydrogens is 424 g/mol. The molecule has 0 fully saturated rings. The van der Waals surface area contributed by atoms with Crippen LogP contribution in [0, 0.1) is 0 Å². The van der Waals surface area contributed by atoms with E-state index in [2.05, 4.69) is 133 Å². The SMILES string of the molecule is CCCCCN(P(c1ccccc1)c1ccccc1)P(c1ccccc1)c1ccccc1. The highest BCUT2D eigenvalue weighted by Gasteiger charge is 2.31. The molecule has 0 unspecified atom stereocenters. The van der Waals surface area contributed by atoms with E-state index in [4.69, 9.17) is 0 Å². The van der Waals surface area contributed by atoms with E-state index in [0.29, 0.717) is 0 Å². The monoisotopic (exact) mass is 455 g/mol. The minimum absolute atomic E-state index is 0.655. The maximum absolute atomic E-state index is 2.84. The van der Waals surface area contributed by atoms with Crippen LogP contribution in [-0.2, 0) is 0 Å². The van der Waals surface area contributed by atoms with E-state index >= 15 is 0 Å². The van der Waals surface area contributed by atoms with Crippen molar-refractivity contribution in [2.24, 2.45) is 0 Å². The molecular formula is C29H31NP2. The van der Waals surface area contributed by atoms with Gasteiger partial charge in [-0.15, -0.1) is 0 Å². The van der Waals surface area contributed by atoms with E-state index in [1.807, 2.05) is 0 Å². The Bertz CT molecular complexity index is 878. The van der Waals surface area contributed by atoms with Crippen molar-refractivity contribution >= 4 is 37.4 Å². The molecule has 4 rings (SSSR count). The Morgan fingerprint density at radius 2 is 0.781 bits per heavy atom. The predicted molar refractivity (Wildman–Crippen MR) is 144 cm³/mol. The average Bonchev–Trinajstić information content (AvgIpc) is 2.87. The zero-order valence-electron chi connectivity index (χ0n) is 18.7.